The fourth-order valence-electron chi connectivity index (χ4n) is 3.65. The normalized spacial score (nSPS) is 12.8. The Kier molecular flexibility index (Phi) is 7.22. The summed E-state index contributed by atoms with van der Waals surface area (Å²) in [6.45, 7) is 0.917. The minimum absolute atomic E-state index is 0.0137. The third kappa shape index (κ3) is 5.76. The Morgan fingerprint density at radius 1 is 1.19 bits per heavy atom. The summed E-state index contributed by atoms with van der Waals surface area (Å²) in [6.07, 6.45) is -4.15. The predicted octanol–water partition coefficient (Wildman–Crippen LogP) is 4.54. The number of hydrogen-bond donors (Lipinski definition) is 1. The van der Waals surface area contributed by atoms with Crippen LogP contribution < -0.4 is 14.8 Å². The molecule has 0 saturated carbocycles. The fourth-order valence-corrected chi connectivity index (χ4v) is 3.65. The SMILES string of the molecule is COc1cc(C#CCN(C)C)ccc1Nc1ncc(C(F)(F)F)c(Oc2cccc3c2C(=O)N(C)C3)n1. The zero-order valence-corrected chi connectivity index (χ0v) is 20.6. The summed E-state index contributed by atoms with van der Waals surface area (Å²) in [7, 11) is 6.88. The van der Waals surface area contributed by atoms with Gasteiger partial charge < -0.3 is 19.7 Å². The van der Waals surface area contributed by atoms with Crippen molar-refractivity contribution < 1.29 is 27.4 Å². The highest BCUT2D eigenvalue weighted by Crippen LogP contribution is 2.40. The number of nitrogens with one attached hydrogen (secondary N) is 1. The quantitative estimate of drug-likeness (QED) is 0.487. The molecule has 0 radical (unpaired) electrons. The van der Waals surface area contributed by atoms with Crippen LogP contribution in [0.25, 0.3) is 0 Å². The van der Waals surface area contributed by atoms with E-state index in [0.29, 0.717) is 41.9 Å². The molecule has 1 aliphatic heterocycles. The number of methoxy groups -OCH3 is 1. The van der Waals surface area contributed by atoms with Gasteiger partial charge in [-0.25, -0.2) is 4.98 Å². The van der Waals surface area contributed by atoms with Crippen LogP contribution in [0.2, 0.25) is 0 Å². The van der Waals surface area contributed by atoms with Crippen LogP contribution in [0.3, 0.4) is 0 Å². The molecule has 0 unspecified atom stereocenters. The summed E-state index contributed by atoms with van der Waals surface area (Å²) in [4.78, 5) is 23.7. The Hall–Kier alpha value is -4.30. The molecule has 0 fully saturated rings. The number of carbonyl (C=O) groups is 1. The van der Waals surface area contributed by atoms with E-state index < -0.39 is 17.6 Å². The van der Waals surface area contributed by atoms with Crippen molar-refractivity contribution in [3.63, 3.8) is 0 Å². The molecule has 1 aliphatic rings. The van der Waals surface area contributed by atoms with Crippen LogP contribution in [-0.4, -0.2) is 60.5 Å². The monoisotopic (exact) mass is 511 g/mol. The van der Waals surface area contributed by atoms with E-state index in [0.717, 1.165) is 0 Å². The molecule has 37 heavy (non-hydrogen) atoms. The van der Waals surface area contributed by atoms with E-state index in [-0.39, 0.29) is 23.2 Å². The van der Waals surface area contributed by atoms with Crippen LogP contribution >= 0.6 is 0 Å². The highest BCUT2D eigenvalue weighted by atomic mass is 19.4. The lowest BCUT2D eigenvalue weighted by atomic mass is 10.1. The predicted molar refractivity (Wildman–Crippen MR) is 131 cm³/mol. The number of aromatic nitrogens is 2. The first-order valence-corrected chi connectivity index (χ1v) is 11.1. The fraction of sp³-hybridized carbons (Fsp3) is 0.269. The molecular formula is C26H24F3N5O3. The first kappa shape index (κ1) is 25.8. The maximum absolute atomic E-state index is 13.7. The summed E-state index contributed by atoms with van der Waals surface area (Å²) in [5.74, 6) is 5.21. The van der Waals surface area contributed by atoms with Gasteiger partial charge in [-0.05, 0) is 43.9 Å². The Labute approximate surface area is 212 Å². The number of benzene rings is 2. The summed E-state index contributed by atoms with van der Waals surface area (Å²) in [5, 5.41) is 2.87. The van der Waals surface area contributed by atoms with Crippen molar-refractivity contribution in [2.75, 3.05) is 40.1 Å². The number of carbonyl (C=O) groups excluding carboxylic acids is 1. The molecule has 0 saturated heterocycles. The number of rotatable bonds is 6. The summed E-state index contributed by atoms with van der Waals surface area (Å²) >= 11 is 0. The van der Waals surface area contributed by atoms with Gasteiger partial charge in [-0.15, -0.1) is 0 Å². The number of nitrogens with zero attached hydrogens (tertiary/aromatic N) is 4. The van der Waals surface area contributed by atoms with E-state index in [1.54, 1.807) is 37.4 Å². The van der Waals surface area contributed by atoms with Crippen LogP contribution in [0.15, 0.2) is 42.6 Å². The average Bonchev–Trinajstić information content (AvgIpc) is 3.13. The third-order valence-electron chi connectivity index (χ3n) is 5.42. The molecule has 0 atom stereocenters. The van der Waals surface area contributed by atoms with Crippen LogP contribution in [0.5, 0.6) is 17.4 Å². The van der Waals surface area contributed by atoms with Crippen molar-refractivity contribution >= 4 is 17.5 Å². The van der Waals surface area contributed by atoms with E-state index in [2.05, 4.69) is 27.1 Å². The van der Waals surface area contributed by atoms with Crippen molar-refractivity contribution in [1.82, 2.24) is 19.8 Å². The minimum atomic E-state index is -4.78. The smallest absolute Gasteiger partial charge is 0.423 e. The van der Waals surface area contributed by atoms with Crippen molar-refractivity contribution in [1.29, 1.82) is 0 Å². The van der Waals surface area contributed by atoms with Crippen LogP contribution in [0.1, 0.15) is 27.0 Å². The number of amides is 1. The Bertz CT molecular complexity index is 1400. The Morgan fingerprint density at radius 3 is 2.68 bits per heavy atom. The van der Waals surface area contributed by atoms with Crippen molar-refractivity contribution in [3.8, 4) is 29.2 Å². The molecule has 0 bridgehead atoms. The minimum Gasteiger partial charge on any atom is -0.495 e. The largest absolute Gasteiger partial charge is 0.495 e. The third-order valence-corrected chi connectivity index (χ3v) is 5.42. The molecule has 1 amide bonds. The molecule has 0 aliphatic carbocycles. The van der Waals surface area contributed by atoms with Gasteiger partial charge >= 0.3 is 6.18 Å². The lowest BCUT2D eigenvalue weighted by Crippen LogP contribution is -2.18. The molecule has 11 heteroatoms. The van der Waals surface area contributed by atoms with E-state index in [1.807, 2.05) is 19.0 Å². The number of fused-ring (bicyclic) bond motifs is 1. The van der Waals surface area contributed by atoms with Crippen LogP contribution in [-0.2, 0) is 12.7 Å². The van der Waals surface area contributed by atoms with Gasteiger partial charge in [0.05, 0.1) is 24.9 Å². The van der Waals surface area contributed by atoms with Crippen LogP contribution in [0, 0.1) is 11.8 Å². The molecule has 4 rings (SSSR count). The van der Waals surface area contributed by atoms with Gasteiger partial charge in [0.1, 0.15) is 17.1 Å². The highest BCUT2D eigenvalue weighted by molar-refractivity contribution is 6.00. The molecular weight excluding hydrogens is 487 g/mol. The first-order chi connectivity index (χ1) is 17.6. The topological polar surface area (TPSA) is 79.8 Å². The molecule has 3 aromatic rings. The summed E-state index contributed by atoms with van der Waals surface area (Å²) < 4.78 is 52.3. The van der Waals surface area contributed by atoms with E-state index in [1.165, 1.54) is 18.1 Å². The number of halogens is 3. The summed E-state index contributed by atoms with van der Waals surface area (Å²) in [6, 6.07) is 9.87. The highest BCUT2D eigenvalue weighted by Gasteiger charge is 2.37. The van der Waals surface area contributed by atoms with Crippen molar-refractivity contribution in [2.24, 2.45) is 0 Å². The summed E-state index contributed by atoms with van der Waals surface area (Å²) in [5.41, 5.74) is 0.814. The van der Waals surface area contributed by atoms with E-state index in [9.17, 15) is 18.0 Å². The molecule has 1 N–H and O–H groups in total. The number of hydrogen-bond acceptors (Lipinski definition) is 7. The number of alkyl halides is 3. The average molecular weight is 512 g/mol. The molecule has 2 aromatic carbocycles. The van der Waals surface area contributed by atoms with Gasteiger partial charge in [0, 0.05) is 25.4 Å². The standard InChI is InChI=1S/C26H24F3N5O3/c1-33(2)12-6-7-16-10-11-19(21(13-16)36-4)31-25-30-14-18(26(27,28)29)23(32-25)37-20-9-5-8-17-15-34(3)24(35)22(17)20/h5,8-11,13-14H,12,15H2,1-4H3,(H,30,31,32). The molecule has 1 aromatic heterocycles. The second kappa shape index (κ2) is 10.4. The first-order valence-electron chi connectivity index (χ1n) is 11.1. The maximum Gasteiger partial charge on any atom is 0.423 e. The van der Waals surface area contributed by atoms with Crippen molar-refractivity contribution in [3.05, 3.63) is 64.8 Å². The molecule has 2 heterocycles. The molecule has 192 valence electrons. The maximum atomic E-state index is 13.7. The van der Waals surface area contributed by atoms with Gasteiger partial charge in [0.15, 0.2) is 0 Å². The van der Waals surface area contributed by atoms with Gasteiger partial charge in [-0.1, -0.05) is 24.0 Å². The van der Waals surface area contributed by atoms with Gasteiger partial charge in [-0.2, -0.15) is 18.2 Å². The van der Waals surface area contributed by atoms with Gasteiger partial charge in [0.25, 0.3) is 5.91 Å². The van der Waals surface area contributed by atoms with E-state index >= 15 is 0 Å². The molecule has 8 nitrogen and oxygen atoms in total. The zero-order valence-electron chi connectivity index (χ0n) is 20.6. The lowest BCUT2D eigenvalue weighted by molar-refractivity contribution is -0.139. The van der Waals surface area contributed by atoms with E-state index in [4.69, 9.17) is 9.47 Å². The Morgan fingerprint density at radius 2 is 1.97 bits per heavy atom. The second-order valence-corrected chi connectivity index (χ2v) is 8.54. The van der Waals surface area contributed by atoms with Gasteiger partial charge in [0.2, 0.25) is 11.8 Å². The van der Waals surface area contributed by atoms with Crippen molar-refractivity contribution in [2.45, 2.75) is 12.7 Å². The lowest BCUT2D eigenvalue weighted by Gasteiger charge is -2.16. The van der Waals surface area contributed by atoms with Crippen LogP contribution in [0.4, 0.5) is 24.8 Å². The second-order valence-electron chi connectivity index (χ2n) is 8.54. The number of anilines is 2. The Balaban J connectivity index is 1.67. The number of ether oxygens (including phenoxy) is 2. The zero-order chi connectivity index (χ0) is 26.7. The van der Waals surface area contributed by atoms with Gasteiger partial charge in [-0.3, -0.25) is 9.69 Å². The molecule has 0 spiro atoms.